The van der Waals surface area contributed by atoms with Crippen LogP contribution in [0.3, 0.4) is 0 Å². The maximum Gasteiger partial charge on any atom is 0.248 e. The summed E-state index contributed by atoms with van der Waals surface area (Å²) >= 11 is 6.51. The summed E-state index contributed by atoms with van der Waals surface area (Å²) in [4.78, 5) is 12.4. The van der Waals surface area contributed by atoms with Gasteiger partial charge in [0.25, 0.3) is 0 Å². The van der Waals surface area contributed by atoms with Crippen LogP contribution in [0.1, 0.15) is 5.56 Å². The second kappa shape index (κ2) is 10.8. The van der Waals surface area contributed by atoms with Gasteiger partial charge < -0.3 is 5.32 Å². The van der Waals surface area contributed by atoms with Crippen LogP contribution >= 0.6 is 24.0 Å². The summed E-state index contributed by atoms with van der Waals surface area (Å²) in [5.41, 5.74) is 9.19. The van der Waals surface area contributed by atoms with E-state index in [-0.39, 0.29) is 11.7 Å². The fraction of sp³-hybridized carbons (Fsp3) is 0.0833. The zero-order valence-electron chi connectivity index (χ0n) is 17.9. The summed E-state index contributed by atoms with van der Waals surface area (Å²) in [7, 11) is 0. The van der Waals surface area contributed by atoms with Gasteiger partial charge in [0.15, 0.2) is 16.1 Å². The Morgan fingerprint density at radius 2 is 1.58 bits per heavy atom. The summed E-state index contributed by atoms with van der Waals surface area (Å²) in [5.74, 6) is 0.616. The van der Waals surface area contributed by atoms with E-state index >= 15 is 0 Å². The number of benzene rings is 3. The van der Waals surface area contributed by atoms with Crippen molar-refractivity contribution in [1.29, 1.82) is 0 Å². The van der Waals surface area contributed by atoms with Gasteiger partial charge >= 0.3 is 0 Å². The van der Waals surface area contributed by atoms with Crippen LogP contribution in [0.25, 0.3) is 17.1 Å². The summed E-state index contributed by atoms with van der Waals surface area (Å²) < 4.78 is 1.96. The molecule has 0 aliphatic rings. The van der Waals surface area contributed by atoms with E-state index in [9.17, 15) is 4.79 Å². The van der Waals surface area contributed by atoms with Crippen LogP contribution in [0.15, 0.2) is 90.1 Å². The molecule has 3 aromatic carbocycles. The minimum absolute atomic E-state index is 0.139. The van der Waals surface area contributed by atoms with Gasteiger partial charge in [-0.25, -0.2) is 0 Å². The Hall–Kier alpha value is -3.69. The van der Waals surface area contributed by atoms with Crippen LogP contribution in [-0.2, 0) is 4.79 Å². The normalized spacial score (nSPS) is 10.5. The number of para-hydroxylation sites is 1. The number of carbonyl (C=O) groups excluding carboxylic acids is 1. The number of hydrazine groups is 1. The number of rotatable bonds is 6. The molecule has 0 radical (unpaired) electrons. The van der Waals surface area contributed by atoms with E-state index in [4.69, 9.17) is 12.2 Å². The van der Waals surface area contributed by atoms with Crippen molar-refractivity contribution < 1.29 is 4.79 Å². The lowest BCUT2D eigenvalue weighted by molar-refractivity contribution is -0.119. The monoisotopic (exact) mass is 474 g/mol. The topological polar surface area (TPSA) is 83.9 Å². The number of hydrogen-bond acceptors (Lipinski definition) is 5. The molecule has 0 atom stereocenters. The number of aryl methyl sites for hydroxylation is 1. The first-order valence-corrected chi connectivity index (χ1v) is 11.6. The number of thioether (sulfide) groups is 1. The van der Waals surface area contributed by atoms with E-state index in [1.54, 1.807) is 0 Å². The van der Waals surface area contributed by atoms with Crippen molar-refractivity contribution in [3.05, 3.63) is 90.5 Å². The smallest absolute Gasteiger partial charge is 0.248 e. The molecular formula is C24H22N6OS2. The number of aromatic nitrogens is 3. The predicted molar refractivity (Wildman–Crippen MR) is 136 cm³/mol. The van der Waals surface area contributed by atoms with Gasteiger partial charge in [-0.3, -0.25) is 20.2 Å². The molecule has 166 valence electrons. The first-order chi connectivity index (χ1) is 16.1. The van der Waals surface area contributed by atoms with E-state index in [1.165, 1.54) is 11.8 Å². The SMILES string of the molecule is Cc1ccc(-n2c(SCC(=O)NNC(=S)Nc3ccccc3)nnc2-c2ccccc2)cc1. The highest BCUT2D eigenvalue weighted by Crippen LogP contribution is 2.28. The number of amides is 1. The average molecular weight is 475 g/mol. The number of nitrogens with zero attached hydrogens (tertiary/aromatic N) is 3. The molecule has 1 heterocycles. The van der Waals surface area contributed by atoms with Crippen molar-refractivity contribution in [1.82, 2.24) is 25.6 Å². The molecule has 7 nitrogen and oxygen atoms in total. The molecule has 4 rings (SSSR count). The van der Waals surface area contributed by atoms with Gasteiger partial charge in [-0.1, -0.05) is 78.0 Å². The van der Waals surface area contributed by atoms with Crippen molar-refractivity contribution in [2.45, 2.75) is 12.1 Å². The highest BCUT2D eigenvalue weighted by molar-refractivity contribution is 7.99. The maximum absolute atomic E-state index is 12.4. The van der Waals surface area contributed by atoms with Gasteiger partial charge in [-0.2, -0.15) is 0 Å². The third-order valence-electron chi connectivity index (χ3n) is 4.64. The van der Waals surface area contributed by atoms with E-state index in [0.29, 0.717) is 16.1 Å². The molecule has 1 aromatic heterocycles. The van der Waals surface area contributed by atoms with Gasteiger partial charge in [-0.15, -0.1) is 10.2 Å². The van der Waals surface area contributed by atoms with Crippen LogP contribution in [0.5, 0.6) is 0 Å². The van der Waals surface area contributed by atoms with Crippen molar-refractivity contribution in [3.8, 4) is 17.1 Å². The summed E-state index contributed by atoms with van der Waals surface area (Å²) in [6.07, 6.45) is 0. The van der Waals surface area contributed by atoms with Gasteiger partial charge in [-0.05, 0) is 43.4 Å². The summed E-state index contributed by atoms with van der Waals surface area (Å²) in [6, 6.07) is 27.4. The molecule has 0 saturated heterocycles. The predicted octanol–water partition coefficient (Wildman–Crippen LogP) is 4.35. The van der Waals surface area contributed by atoms with Crippen molar-refractivity contribution in [3.63, 3.8) is 0 Å². The van der Waals surface area contributed by atoms with Crippen molar-refractivity contribution in [2.75, 3.05) is 11.1 Å². The molecule has 0 spiro atoms. The second-order valence-electron chi connectivity index (χ2n) is 7.13. The molecular weight excluding hydrogens is 452 g/mol. The third-order valence-corrected chi connectivity index (χ3v) is 5.77. The summed E-state index contributed by atoms with van der Waals surface area (Å²) in [6.45, 7) is 2.04. The van der Waals surface area contributed by atoms with Gasteiger partial charge in [0, 0.05) is 16.9 Å². The van der Waals surface area contributed by atoms with Crippen LogP contribution < -0.4 is 16.2 Å². The Balaban J connectivity index is 1.43. The standard InChI is InChI=1S/C24H22N6OS2/c1-17-12-14-20(15-13-17)30-22(18-8-4-2-5-9-18)27-29-24(30)33-16-21(31)26-28-23(32)25-19-10-6-3-7-11-19/h2-15H,16H2,1H3,(H,26,31)(H2,25,28,32). The highest BCUT2D eigenvalue weighted by Gasteiger charge is 2.17. The fourth-order valence-corrected chi connectivity index (χ4v) is 3.96. The summed E-state index contributed by atoms with van der Waals surface area (Å²) in [5, 5.41) is 12.7. The molecule has 0 aliphatic carbocycles. The molecule has 0 aliphatic heterocycles. The van der Waals surface area contributed by atoms with Crippen LogP contribution in [-0.4, -0.2) is 31.5 Å². The Morgan fingerprint density at radius 1 is 0.909 bits per heavy atom. The van der Waals surface area contributed by atoms with Crippen molar-refractivity contribution in [2.24, 2.45) is 0 Å². The van der Waals surface area contributed by atoms with E-state index in [0.717, 1.165) is 22.5 Å². The van der Waals surface area contributed by atoms with Crippen molar-refractivity contribution >= 4 is 40.7 Å². The van der Waals surface area contributed by atoms with E-state index in [1.807, 2.05) is 96.4 Å². The molecule has 0 saturated carbocycles. The molecule has 0 fully saturated rings. The number of hydrogen-bond donors (Lipinski definition) is 3. The molecule has 0 unspecified atom stereocenters. The zero-order valence-corrected chi connectivity index (χ0v) is 19.5. The van der Waals surface area contributed by atoms with Gasteiger partial charge in [0.2, 0.25) is 5.91 Å². The minimum atomic E-state index is -0.239. The quantitative estimate of drug-likeness (QED) is 0.218. The first-order valence-electron chi connectivity index (χ1n) is 10.2. The maximum atomic E-state index is 12.4. The Bertz CT molecular complexity index is 1230. The largest absolute Gasteiger partial charge is 0.331 e. The minimum Gasteiger partial charge on any atom is -0.331 e. The second-order valence-corrected chi connectivity index (χ2v) is 8.48. The Kier molecular flexibility index (Phi) is 7.33. The van der Waals surface area contributed by atoms with Crippen LogP contribution in [0.2, 0.25) is 0 Å². The van der Waals surface area contributed by atoms with E-state index < -0.39 is 0 Å². The highest BCUT2D eigenvalue weighted by atomic mass is 32.2. The van der Waals surface area contributed by atoms with Crippen LogP contribution in [0.4, 0.5) is 5.69 Å². The average Bonchev–Trinajstić information content (AvgIpc) is 3.27. The Labute approximate surface area is 201 Å². The molecule has 33 heavy (non-hydrogen) atoms. The number of thiocarbonyl (C=S) groups is 1. The zero-order chi connectivity index (χ0) is 23.0. The molecule has 3 N–H and O–H groups in total. The lowest BCUT2D eigenvalue weighted by atomic mass is 10.2. The number of nitrogens with one attached hydrogen (secondary N) is 3. The first kappa shape index (κ1) is 22.5. The fourth-order valence-electron chi connectivity index (χ4n) is 3.04. The molecule has 4 aromatic rings. The van der Waals surface area contributed by atoms with Gasteiger partial charge in [0.05, 0.1) is 5.75 Å². The molecule has 1 amide bonds. The Morgan fingerprint density at radius 3 is 2.27 bits per heavy atom. The number of carbonyl (C=O) groups is 1. The molecule has 0 bridgehead atoms. The third kappa shape index (κ3) is 5.97. The lowest BCUT2D eigenvalue weighted by Crippen LogP contribution is -2.44. The van der Waals surface area contributed by atoms with Gasteiger partial charge in [0.1, 0.15) is 0 Å². The molecule has 9 heteroatoms. The lowest BCUT2D eigenvalue weighted by Gasteiger charge is -2.12. The van der Waals surface area contributed by atoms with E-state index in [2.05, 4.69) is 26.4 Å². The van der Waals surface area contributed by atoms with Crippen LogP contribution in [0, 0.1) is 6.92 Å². The number of anilines is 1.